The van der Waals surface area contributed by atoms with Crippen LogP contribution in [0, 0.1) is 0 Å². The van der Waals surface area contributed by atoms with Crippen LogP contribution in [0.2, 0.25) is 10.3 Å². The van der Waals surface area contributed by atoms with Gasteiger partial charge in [-0.15, -0.1) is 0 Å². The van der Waals surface area contributed by atoms with E-state index in [-0.39, 0.29) is 15.2 Å². The number of rotatable bonds is 1. The van der Waals surface area contributed by atoms with Crippen LogP contribution in [0.5, 0.6) is 0 Å². The van der Waals surface area contributed by atoms with Crippen molar-refractivity contribution >= 4 is 33.2 Å². The van der Waals surface area contributed by atoms with Crippen LogP contribution >= 0.6 is 23.2 Å². The normalized spacial score (nSPS) is 11.6. The van der Waals surface area contributed by atoms with Crippen molar-refractivity contribution in [1.82, 2.24) is 4.98 Å². The molecular weight excluding hydrogens is 223 g/mol. The Hall–Kier alpha value is -0.360. The van der Waals surface area contributed by atoms with E-state index in [1.807, 2.05) is 0 Å². The van der Waals surface area contributed by atoms with Crippen molar-refractivity contribution in [3.05, 3.63) is 22.4 Å². The molecule has 0 atom stereocenters. The second kappa shape index (κ2) is 3.18. The molecule has 0 aliphatic rings. The molecule has 0 aliphatic carbocycles. The largest absolute Gasteiger partial charge is 0.238 e. The lowest BCUT2D eigenvalue weighted by Crippen LogP contribution is -2.12. The third-order valence-electron chi connectivity index (χ3n) is 1.06. The number of aromatic nitrogens is 1. The minimum atomic E-state index is -3.76. The summed E-state index contributed by atoms with van der Waals surface area (Å²) in [4.78, 5) is 3.41. The van der Waals surface area contributed by atoms with E-state index in [9.17, 15) is 8.42 Å². The van der Waals surface area contributed by atoms with E-state index in [1.165, 1.54) is 0 Å². The maximum atomic E-state index is 10.8. The van der Waals surface area contributed by atoms with Gasteiger partial charge in [-0.1, -0.05) is 23.2 Å². The number of hydrogen-bond donors (Lipinski definition) is 1. The summed E-state index contributed by atoms with van der Waals surface area (Å²) in [6, 6.07) is 2.26. The molecule has 1 rings (SSSR count). The van der Waals surface area contributed by atoms with Crippen molar-refractivity contribution in [1.29, 1.82) is 0 Å². The highest BCUT2D eigenvalue weighted by molar-refractivity contribution is 7.89. The van der Waals surface area contributed by atoms with E-state index in [2.05, 4.69) is 4.98 Å². The molecular formula is C5H4Cl2N2O2S. The number of primary sulfonamides is 1. The van der Waals surface area contributed by atoms with Crippen LogP contribution in [0.1, 0.15) is 0 Å². The second-order valence-electron chi connectivity index (χ2n) is 1.99. The van der Waals surface area contributed by atoms with Gasteiger partial charge in [0.2, 0.25) is 10.0 Å². The first kappa shape index (κ1) is 9.73. The fraction of sp³-hybridized carbons (Fsp3) is 0. The summed E-state index contributed by atoms with van der Waals surface area (Å²) < 4.78 is 21.5. The van der Waals surface area contributed by atoms with Gasteiger partial charge in [0, 0.05) is 0 Å². The molecule has 0 radical (unpaired) electrons. The Bertz CT molecular complexity index is 384. The predicted molar refractivity (Wildman–Crippen MR) is 45.6 cm³/mol. The quantitative estimate of drug-likeness (QED) is 0.728. The third kappa shape index (κ3) is 2.31. The molecule has 7 heteroatoms. The Balaban J connectivity index is 3.37. The highest BCUT2D eigenvalue weighted by Gasteiger charge is 2.09. The van der Waals surface area contributed by atoms with Crippen molar-refractivity contribution < 1.29 is 8.42 Å². The van der Waals surface area contributed by atoms with E-state index in [1.54, 1.807) is 0 Å². The molecule has 0 spiro atoms. The first-order valence-electron chi connectivity index (χ1n) is 2.75. The van der Waals surface area contributed by atoms with E-state index >= 15 is 0 Å². The average Bonchev–Trinajstić information content (AvgIpc) is 1.82. The summed E-state index contributed by atoms with van der Waals surface area (Å²) in [6.07, 6.45) is 0. The molecule has 2 N–H and O–H groups in total. The molecule has 0 saturated heterocycles. The predicted octanol–water partition coefficient (Wildman–Crippen LogP) is 1.04. The van der Waals surface area contributed by atoms with Gasteiger partial charge in [-0.2, -0.15) is 0 Å². The van der Waals surface area contributed by atoms with Gasteiger partial charge in [0.1, 0.15) is 10.3 Å². The van der Waals surface area contributed by atoms with E-state index in [4.69, 9.17) is 28.3 Å². The topological polar surface area (TPSA) is 73.1 Å². The molecule has 0 saturated carbocycles. The van der Waals surface area contributed by atoms with Crippen molar-refractivity contribution in [2.45, 2.75) is 4.90 Å². The number of sulfonamides is 1. The first-order chi connectivity index (χ1) is 5.39. The molecule has 0 aromatic carbocycles. The Morgan fingerprint density at radius 1 is 1.25 bits per heavy atom. The number of pyridine rings is 1. The number of hydrogen-bond acceptors (Lipinski definition) is 3. The summed E-state index contributed by atoms with van der Waals surface area (Å²) in [7, 11) is -3.76. The molecule has 66 valence electrons. The van der Waals surface area contributed by atoms with Gasteiger partial charge in [-0.25, -0.2) is 18.5 Å². The summed E-state index contributed by atoms with van der Waals surface area (Å²) in [5, 5.41) is 4.81. The zero-order valence-electron chi connectivity index (χ0n) is 5.66. The number of nitrogens with zero attached hydrogens (tertiary/aromatic N) is 1. The molecule has 1 heterocycles. The first-order valence-corrected chi connectivity index (χ1v) is 5.06. The molecule has 0 aliphatic heterocycles. The van der Waals surface area contributed by atoms with Crippen LogP contribution in [0.3, 0.4) is 0 Å². The standard InChI is InChI=1S/C5H4Cl2N2O2S/c6-4-1-3(12(8,10)11)2-5(7)9-4/h1-2H,(H2,8,10,11). The van der Waals surface area contributed by atoms with Gasteiger partial charge in [0.05, 0.1) is 4.90 Å². The Morgan fingerprint density at radius 3 is 2.00 bits per heavy atom. The maximum Gasteiger partial charge on any atom is 0.238 e. The zero-order valence-corrected chi connectivity index (χ0v) is 7.99. The van der Waals surface area contributed by atoms with Crippen LogP contribution < -0.4 is 5.14 Å². The van der Waals surface area contributed by atoms with Gasteiger partial charge in [-0.3, -0.25) is 0 Å². The van der Waals surface area contributed by atoms with Gasteiger partial charge in [-0.05, 0) is 12.1 Å². The third-order valence-corrected chi connectivity index (χ3v) is 2.34. The average molecular weight is 227 g/mol. The highest BCUT2D eigenvalue weighted by Crippen LogP contribution is 2.17. The minimum absolute atomic E-state index is 0.00785. The van der Waals surface area contributed by atoms with Gasteiger partial charge in [0.15, 0.2) is 0 Å². The van der Waals surface area contributed by atoms with E-state index in [0.717, 1.165) is 12.1 Å². The van der Waals surface area contributed by atoms with E-state index in [0.29, 0.717) is 0 Å². The lowest BCUT2D eigenvalue weighted by molar-refractivity contribution is 0.597. The molecule has 0 amide bonds. The zero-order chi connectivity index (χ0) is 9.35. The lowest BCUT2D eigenvalue weighted by atomic mass is 10.5. The molecule has 12 heavy (non-hydrogen) atoms. The van der Waals surface area contributed by atoms with Crippen LogP contribution in [-0.4, -0.2) is 13.4 Å². The molecule has 0 fully saturated rings. The summed E-state index contributed by atoms with van der Waals surface area (Å²) in [5.74, 6) is 0. The maximum absolute atomic E-state index is 10.8. The van der Waals surface area contributed by atoms with Crippen LogP contribution in [0.15, 0.2) is 17.0 Å². The summed E-state index contributed by atoms with van der Waals surface area (Å²) in [6.45, 7) is 0. The van der Waals surface area contributed by atoms with E-state index < -0.39 is 10.0 Å². The minimum Gasteiger partial charge on any atom is -0.225 e. The molecule has 1 aromatic rings. The monoisotopic (exact) mass is 226 g/mol. The smallest absolute Gasteiger partial charge is 0.225 e. The van der Waals surface area contributed by atoms with Crippen LogP contribution in [0.4, 0.5) is 0 Å². The van der Waals surface area contributed by atoms with Gasteiger partial charge in [0.25, 0.3) is 0 Å². The van der Waals surface area contributed by atoms with Crippen LogP contribution in [0.25, 0.3) is 0 Å². The fourth-order valence-electron chi connectivity index (χ4n) is 0.607. The SMILES string of the molecule is NS(=O)(=O)c1cc(Cl)nc(Cl)c1. The number of nitrogens with two attached hydrogens (primary N) is 1. The summed E-state index contributed by atoms with van der Waals surface area (Å²) >= 11 is 10.9. The molecule has 4 nitrogen and oxygen atoms in total. The van der Waals surface area contributed by atoms with Crippen molar-refractivity contribution in [2.24, 2.45) is 5.14 Å². The molecule has 0 unspecified atom stereocenters. The van der Waals surface area contributed by atoms with Crippen molar-refractivity contribution in [3.8, 4) is 0 Å². The van der Waals surface area contributed by atoms with Crippen LogP contribution in [-0.2, 0) is 10.0 Å². The van der Waals surface area contributed by atoms with Crippen molar-refractivity contribution in [2.75, 3.05) is 0 Å². The Kier molecular flexibility index (Phi) is 2.58. The fourth-order valence-corrected chi connectivity index (χ4v) is 1.75. The molecule has 1 aromatic heterocycles. The lowest BCUT2D eigenvalue weighted by Gasteiger charge is -1.98. The van der Waals surface area contributed by atoms with Gasteiger partial charge < -0.3 is 0 Å². The Labute approximate surface area is 79.4 Å². The second-order valence-corrected chi connectivity index (χ2v) is 4.33. The number of halogens is 2. The van der Waals surface area contributed by atoms with Crippen molar-refractivity contribution in [3.63, 3.8) is 0 Å². The highest BCUT2D eigenvalue weighted by atomic mass is 35.5. The van der Waals surface area contributed by atoms with Gasteiger partial charge >= 0.3 is 0 Å². The Morgan fingerprint density at radius 2 is 1.67 bits per heavy atom. The summed E-state index contributed by atoms with van der Waals surface area (Å²) in [5.41, 5.74) is 0. The molecule has 0 bridgehead atoms.